The molecule has 1 aromatic heterocycles. The molecule has 1 aliphatic rings. The SMILES string of the molecule is Cc1ccc(NC(=O)c2cc(S(=O)(=O)NC3CC3)c(Cl)cc2Cl)nc1. The van der Waals surface area contributed by atoms with Gasteiger partial charge in [0, 0.05) is 12.2 Å². The van der Waals surface area contributed by atoms with Gasteiger partial charge in [0.25, 0.3) is 5.91 Å². The number of aryl methyl sites for hydroxylation is 1. The molecule has 0 spiro atoms. The Bertz CT molecular complexity index is 926. The lowest BCUT2D eigenvalue weighted by molar-refractivity contribution is 0.102. The summed E-state index contributed by atoms with van der Waals surface area (Å²) in [5, 5.41) is 2.60. The second-order valence-electron chi connectivity index (χ2n) is 5.83. The van der Waals surface area contributed by atoms with Crippen molar-refractivity contribution in [2.75, 3.05) is 5.32 Å². The van der Waals surface area contributed by atoms with Gasteiger partial charge in [-0.15, -0.1) is 0 Å². The molecular weight excluding hydrogens is 385 g/mol. The van der Waals surface area contributed by atoms with Gasteiger partial charge in [0.05, 0.1) is 15.6 Å². The number of pyridine rings is 1. The Morgan fingerprint density at radius 2 is 1.92 bits per heavy atom. The molecular formula is C16H15Cl2N3O3S. The van der Waals surface area contributed by atoms with E-state index in [0.717, 1.165) is 18.4 Å². The van der Waals surface area contributed by atoms with Gasteiger partial charge in [-0.3, -0.25) is 4.79 Å². The zero-order chi connectivity index (χ0) is 18.2. The Kier molecular flexibility index (Phi) is 5.02. The van der Waals surface area contributed by atoms with Gasteiger partial charge in [0.15, 0.2) is 0 Å². The highest BCUT2D eigenvalue weighted by Gasteiger charge is 2.30. The van der Waals surface area contributed by atoms with Gasteiger partial charge in [-0.05, 0) is 43.5 Å². The average Bonchev–Trinajstić information content (AvgIpc) is 3.32. The number of nitrogens with one attached hydrogen (secondary N) is 2. The number of carbonyl (C=O) groups excluding carboxylic acids is 1. The molecule has 0 unspecified atom stereocenters. The van der Waals surface area contributed by atoms with E-state index in [1.54, 1.807) is 18.3 Å². The fourth-order valence-electron chi connectivity index (χ4n) is 2.12. The molecule has 2 aromatic rings. The molecule has 0 aliphatic heterocycles. The van der Waals surface area contributed by atoms with E-state index < -0.39 is 15.9 Å². The minimum atomic E-state index is -3.82. The Balaban J connectivity index is 1.91. The molecule has 1 fully saturated rings. The van der Waals surface area contributed by atoms with Gasteiger partial charge in [0.1, 0.15) is 10.7 Å². The highest BCUT2D eigenvalue weighted by atomic mass is 35.5. The Labute approximate surface area is 155 Å². The van der Waals surface area contributed by atoms with Crippen LogP contribution in [0.3, 0.4) is 0 Å². The van der Waals surface area contributed by atoms with Crippen LogP contribution in [0.15, 0.2) is 35.4 Å². The van der Waals surface area contributed by atoms with Gasteiger partial charge >= 0.3 is 0 Å². The number of nitrogens with zero attached hydrogens (tertiary/aromatic N) is 1. The Morgan fingerprint density at radius 1 is 1.20 bits per heavy atom. The van der Waals surface area contributed by atoms with E-state index in [0.29, 0.717) is 5.82 Å². The molecule has 0 bridgehead atoms. The highest BCUT2D eigenvalue weighted by Crippen LogP contribution is 2.31. The summed E-state index contributed by atoms with van der Waals surface area (Å²) in [5.74, 6) is -0.233. The van der Waals surface area contributed by atoms with E-state index in [1.165, 1.54) is 12.1 Å². The van der Waals surface area contributed by atoms with Crippen LogP contribution in [-0.4, -0.2) is 25.4 Å². The van der Waals surface area contributed by atoms with E-state index >= 15 is 0 Å². The third-order valence-corrected chi connectivity index (χ3v) is 5.91. The fraction of sp³-hybridized carbons (Fsp3) is 0.250. The zero-order valence-corrected chi connectivity index (χ0v) is 15.5. The summed E-state index contributed by atoms with van der Waals surface area (Å²) in [6, 6.07) is 5.79. The maximum absolute atomic E-state index is 12.5. The first-order chi connectivity index (χ1) is 11.8. The zero-order valence-electron chi connectivity index (χ0n) is 13.2. The van der Waals surface area contributed by atoms with Crippen molar-refractivity contribution in [3.8, 4) is 0 Å². The number of anilines is 1. The molecule has 0 saturated heterocycles. The molecule has 1 aliphatic carbocycles. The first kappa shape index (κ1) is 18.1. The minimum absolute atomic E-state index is 0.00427. The van der Waals surface area contributed by atoms with E-state index in [-0.39, 0.29) is 26.5 Å². The minimum Gasteiger partial charge on any atom is -0.307 e. The third-order valence-electron chi connectivity index (χ3n) is 3.61. The van der Waals surface area contributed by atoms with Crippen LogP contribution in [0.1, 0.15) is 28.8 Å². The first-order valence-electron chi connectivity index (χ1n) is 7.51. The lowest BCUT2D eigenvalue weighted by atomic mass is 10.2. The number of aromatic nitrogens is 1. The van der Waals surface area contributed by atoms with Crippen molar-refractivity contribution in [3.05, 3.63) is 51.6 Å². The summed E-state index contributed by atoms with van der Waals surface area (Å²) >= 11 is 12.1. The molecule has 0 radical (unpaired) electrons. The maximum Gasteiger partial charge on any atom is 0.258 e. The predicted molar refractivity (Wildman–Crippen MR) is 96.7 cm³/mol. The van der Waals surface area contributed by atoms with Gasteiger partial charge in [-0.2, -0.15) is 0 Å². The Morgan fingerprint density at radius 3 is 2.52 bits per heavy atom. The number of hydrogen-bond acceptors (Lipinski definition) is 4. The summed E-state index contributed by atoms with van der Waals surface area (Å²) in [6.07, 6.45) is 3.18. The van der Waals surface area contributed by atoms with Crippen molar-refractivity contribution in [2.45, 2.75) is 30.7 Å². The van der Waals surface area contributed by atoms with Crippen LogP contribution in [0.4, 0.5) is 5.82 Å². The van der Waals surface area contributed by atoms with Crippen LogP contribution in [-0.2, 0) is 10.0 Å². The third kappa shape index (κ3) is 4.30. The van der Waals surface area contributed by atoms with Crippen LogP contribution in [0, 0.1) is 6.92 Å². The van der Waals surface area contributed by atoms with Crippen molar-refractivity contribution in [1.29, 1.82) is 0 Å². The molecule has 1 aromatic carbocycles. The highest BCUT2D eigenvalue weighted by molar-refractivity contribution is 7.89. The summed E-state index contributed by atoms with van der Waals surface area (Å²) in [7, 11) is -3.82. The number of benzene rings is 1. The second kappa shape index (κ2) is 6.92. The smallest absolute Gasteiger partial charge is 0.258 e. The molecule has 3 rings (SSSR count). The molecule has 25 heavy (non-hydrogen) atoms. The standard InChI is InChI=1S/C16H15Cl2N3O3S/c1-9-2-5-15(19-8-9)20-16(22)11-6-14(13(18)7-12(11)17)25(23,24)21-10-3-4-10/h2,5-8,10,21H,3-4H2,1H3,(H,19,20,22). The van der Waals surface area contributed by atoms with Crippen LogP contribution in [0.2, 0.25) is 10.0 Å². The lowest BCUT2D eigenvalue weighted by Crippen LogP contribution is -2.26. The number of carbonyl (C=O) groups is 1. The molecule has 9 heteroatoms. The summed E-state index contributed by atoms with van der Waals surface area (Å²) in [6.45, 7) is 1.87. The lowest BCUT2D eigenvalue weighted by Gasteiger charge is -2.11. The normalized spacial score (nSPS) is 14.4. The van der Waals surface area contributed by atoms with Crippen LogP contribution in [0.25, 0.3) is 0 Å². The van der Waals surface area contributed by atoms with Gasteiger partial charge in [0.2, 0.25) is 10.0 Å². The summed E-state index contributed by atoms with van der Waals surface area (Å²) < 4.78 is 27.3. The van der Waals surface area contributed by atoms with Crippen LogP contribution >= 0.6 is 23.2 Å². The van der Waals surface area contributed by atoms with Crippen molar-refractivity contribution in [1.82, 2.24) is 9.71 Å². The number of sulfonamides is 1. The second-order valence-corrected chi connectivity index (χ2v) is 8.33. The average molecular weight is 400 g/mol. The summed E-state index contributed by atoms with van der Waals surface area (Å²) in [5.41, 5.74) is 0.951. The molecule has 1 amide bonds. The number of halogens is 2. The van der Waals surface area contributed by atoms with Crippen molar-refractivity contribution < 1.29 is 13.2 Å². The quantitative estimate of drug-likeness (QED) is 0.806. The molecule has 0 atom stereocenters. The van der Waals surface area contributed by atoms with Gasteiger partial charge < -0.3 is 5.32 Å². The predicted octanol–water partition coefficient (Wildman–Crippen LogP) is 3.39. The molecule has 2 N–H and O–H groups in total. The molecule has 1 saturated carbocycles. The molecule has 132 valence electrons. The summed E-state index contributed by atoms with van der Waals surface area (Å²) in [4.78, 5) is 16.4. The maximum atomic E-state index is 12.5. The molecule has 6 nitrogen and oxygen atoms in total. The van der Waals surface area contributed by atoms with Crippen LogP contribution in [0.5, 0.6) is 0 Å². The fourth-order valence-corrected chi connectivity index (χ4v) is 4.28. The van der Waals surface area contributed by atoms with E-state index in [2.05, 4.69) is 15.0 Å². The largest absolute Gasteiger partial charge is 0.307 e. The monoisotopic (exact) mass is 399 g/mol. The van der Waals surface area contributed by atoms with E-state index in [4.69, 9.17) is 23.2 Å². The van der Waals surface area contributed by atoms with Crippen molar-refractivity contribution in [3.63, 3.8) is 0 Å². The topological polar surface area (TPSA) is 88.2 Å². The number of hydrogen-bond donors (Lipinski definition) is 2. The first-order valence-corrected chi connectivity index (χ1v) is 9.75. The van der Waals surface area contributed by atoms with Gasteiger partial charge in [-0.25, -0.2) is 18.1 Å². The van der Waals surface area contributed by atoms with Crippen molar-refractivity contribution >= 4 is 45.0 Å². The van der Waals surface area contributed by atoms with E-state index in [1.807, 2.05) is 6.92 Å². The van der Waals surface area contributed by atoms with Crippen molar-refractivity contribution in [2.24, 2.45) is 0 Å². The van der Waals surface area contributed by atoms with Crippen LogP contribution < -0.4 is 10.0 Å². The Hall–Kier alpha value is -1.67. The van der Waals surface area contributed by atoms with E-state index in [9.17, 15) is 13.2 Å². The number of rotatable bonds is 5. The van der Waals surface area contributed by atoms with Gasteiger partial charge in [-0.1, -0.05) is 29.3 Å². The molecule has 1 heterocycles. The number of amides is 1.